The van der Waals surface area contributed by atoms with Crippen molar-refractivity contribution in [3.05, 3.63) is 0 Å². The molecule has 2 aliphatic rings. The van der Waals surface area contributed by atoms with E-state index in [1.165, 1.54) is 0 Å². The summed E-state index contributed by atoms with van der Waals surface area (Å²) in [6.07, 6.45) is 2.12. The van der Waals surface area contributed by atoms with Crippen LogP contribution in [0.2, 0.25) is 0 Å². The van der Waals surface area contributed by atoms with Crippen molar-refractivity contribution < 1.29 is 9.47 Å². The molecule has 0 N–H and O–H groups in total. The lowest BCUT2D eigenvalue weighted by Crippen LogP contribution is -2.50. The van der Waals surface area contributed by atoms with Gasteiger partial charge in [0.25, 0.3) is 0 Å². The van der Waals surface area contributed by atoms with E-state index in [2.05, 4.69) is 34.4 Å². The zero-order valence-corrected chi connectivity index (χ0v) is 11.5. The maximum Gasteiger partial charge on any atom is 0.170 e. The highest BCUT2D eigenvalue weighted by atomic mass is 31.1. The second-order valence-corrected chi connectivity index (χ2v) is 9.68. The van der Waals surface area contributed by atoms with Crippen molar-refractivity contribution >= 4 is 7.92 Å². The highest BCUT2D eigenvalue weighted by Gasteiger charge is 2.54. The molecule has 2 heterocycles. The summed E-state index contributed by atoms with van der Waals surface area (Å²) in [6.45, 7) is 13.4. The zero-order chi connectivity index (χ0) is 11.3. The van der Waals surface area contributed by atoms with Crippen molar-refractivity contribution in [1.29, 1.82) is 0 Å². The van der Waals surface area contributed by atoms with Gasteiger partial charge in [-0.05, 0) is 17.0 Å². The fraction of sp³-hybridized carbons (Fsp3) is 1.00. The lowest BCUT2D eigenvalue weighted by Gasteiger charge is -2.54. The molecule has 0 amide bonds. The van der Waals surface area contributed by atoms with Gasteiger partial charge in [0.1, 0.15) is 0 Å². The third-order valence-electron chi connectivity index (χ3n) is 4.03. The molecule has 0 aromatic heterocycles. The van der Waals surface area contributed by atoms with Crippen LogP contribution in [-0.2, 0) is 9.47 Å². The normalized spacial score (nSPS) is 33.4. The molecule has 2 saturated heterocycles. The van der Waals surface area contributed by atoms with E-state index in [1.807, 2.05) is 0 Å². The van der Waals surface area contributed by atoms with Gasteiger partial charge in [-0.2, -0.15) is 0 Å². The maximum atomic E-state index is 5.89. The summed E-state index contributed by atoms with van der Waals surface area (Å²) in [5.41, 5.74) is 0. The van der Waals surface area contributed by atoms with Crippen LogP contribution in [0.5, 0.6) is 0 Å². The molecule has 0 radical (unpaired) electrons. The van der Waals surface area contributed by atoms with Crippen molar-refractivity contribution in [2.75, 3.05) is 19.9 Å². The van der Waals surface area contributed by atoms with Gasteiger partial charge in [-0.25, -0.2) is 0 Å². The fourth-order valence-electron chi connectivity index (χ4n) is 3.14. The minimum Gasteiger partial charge on any atom is -0.347 e. The molecule has 3 heteroatoms. The smallest absolute Gasteiger partial charge is 0.170 e. The van der Waals surface area contributed by atoms with Gasteiger partial charge in [0.05, 0.1) is 13.2 Å². The molecule has 2 rings (SSSR count). The van der Waals surface area contributed by atoms with Gasteiger partial charge in [-0.15, -0.1) is 0 Å². The second kappa shape index (κ2) is 3.42. The Labute approximate surface area is 94.5 Å². The first kappa shape index (κ1) is 11.8. The first-order valence-electron chi connectivity index (χ1n) is 5.79. The Kier molecular flexibility index (Phi) is 2.70. The van der Waals surface area contributed by atoms with Crippen molar-refractivity contribution in [3.8, 4) is 0 Å². The van der Waals surface area contributed by atoms with Crippen molar-refractivity contribution in [2.24, 2.45) is 0 Å². The molecule has 15 heavy (non-hydrogen) atoms. The Morgan fingerprint density at radius 2 is 1.27 bits per heavy atom. The molecule has 2 fully saturated rings. The van der Waals surface area contributed by atoms with Crippen molar-refractivity contribution in [2.45, 2.75) is 56.6 Å². The average molecular weight is 230 g/mol. The van der Waals surface area contributed by atoms with Gasteiger partial charge in [-0.3, -0.25) is 0 Å². The first-order valence-corrected chi connectivity index (χ1v) is 7.58. The van der Waals surface area contributed by atoms with E-state index >= 15 is 0 Å². The zero-order valence-electron chi connectivity index (χ0n) is 10.6. The summed E-state index contributed by atoms with van der Waals surface area (Å²) in [6, 6.07) is 0. The Hall–Kier alpha value is 0.350. The van der Waals surface area contributed by atoms with Crippen LogP contribution >= 0.6 is 7.92 Å². The second-order valence-electron chi connectivity index (χ2n) is 6.15. The Morgan fingerprint density at radius 1 is 0.867 bits per heavy atom. The molecule has 2 nitrogen and oxygen atoms in total. The SMILES string of the molecule is CP1C(C)(C)CC2(CC1(C)C)OCCO2. The molecule has 0 saturated carbocycles. The lowest BCUT2D eigenvalue weighted by atomic mass is 9.91. The molecule has 0 bridgehead atoms. The molecular weight excluding hydrogens is 207 g/mol. The van der Waals surface area contributed by atoms with Crippen LogP contribution in [0.25, 0.3) is 0 Å². The minimum atomic E-state index is -0.262. The quantitative estimate of drug-likeness (QED) is 0.595. The monoisotopic (exact) mass is 230 g/mol. The first-order chi connectivity index (χ1) is 6.78. The van der Waals surface area contributed by atoms with E-state index < -0.39 is 0 Å². The fourth-order valence-corrected chi connectivity index (χ4v) is 5.73. The highest BCUT2D eigenvalue weighted by Crippen LogP contribution is 2.66. The Balaban J connectivity index is 2.27. The molecule has 0 aromatic carbocycles. The number of ether oxygens (including phenoxy) is 2. The van der Waals surface area contributed by atoms with Crippen LogP contribution < -0.4 is 0 Å². The van der Waals surface area contributed by atoms with Crippen LogP contribution in [0.4, 0.5) is 0 Å². The third kappa shape index (κ3) is 1.97. The predicted octanol–water partition coefficient (Wildman–Crippen LogP) is 3.19. The van der Waals surface area contributed by atoms with Gasteiger partial charge in [0.2, 0.25) is 0 Å². The molecule has 0 atom stereocenters. The van der Waals surface area contributed by atoms with Crippen LogP contribution in [0.3, 0.4) is 0 Å². The molecule has 0 unspecified atom stereocenters. The largest absolute Gasteiger partial charge is 0.347 e. The standard InChI is InChI=1S/C12H23O2P/c1-10(2)8-12(13-6-7-14-12)9-11(3,4)15(10)5/h6-9H2,1-5H3. The number of hydrogen-bond acceptors (Lipinski definition) is 2. The molecular formula is C12H23O2P. The minimum absolute atomic E-state index is 0.0197. The topological polar surface area (TPSA) is 18.5 Å². The number of rotatable bonds is 0. The Morgan fingerprint density at radius 3 is 1.67 bits per heavy atom. The maximum absolute atomic E-state index is 5.89. The van der Waals surface area contributed by atoms with Crippen LogP contribution in [-0.4, -0.2) is 36.0 Å². The molecule has 2 aliphatic heterocycles. The van der Waals surface area contributed by atoms with Crippen molar-refractivity contribution in [1.82, 2.24) is 0 Å². The van der Waals surface area contributed by atoms with Crippen LogP contribution in [0.1, 0.15) is 40.5 Å². The van der Waals surface area contributed by atoms with Gasteiger partial charge >= 0.3 is 0 Å². The average Bonchev–Trinajstić information content (AvgIpc) is 2.47. The van der Waals surface area contributed by atoms with E-state index in [1.54, 1.807) is 0 Å². The van der Waals surface area contributed by atoms with E-state index in [9.17, 15) is 0 Å². The molecule has 88 valence electrons. The summed E-state index contributed by atoms with van der Waals surface area (Å²) >= 11 is 0. The summed E-state index contributed by atoms with van der Waals surface area (Å²) in [5, 5.41) is 0.725. The van der Waals surface area contributed by atoms with E-state index in [0.29, 0.717) is 10.3 Å². The molecule has 0 aliphatic carbocycles. The predicted molar refractivity (Wildman–Crippen MR) is 64.9 cm³/mol. The molecule has 1 spiro atoms. The third-order valence-corrected chi connectivity index (χ3v) is 7.98. The summed E-state index contributed by atoms with van der Waals surface area (Å²) in [4.78, 5) is 0. The lowest BCUT2D eigenvalue weighted by molar-refractivity contribution is -0.178. The molecule has 0 aromatic rings. The summed E-state index contributed by atoms with van der Waals surface area (Å²) in [7, 11) is 0.0197. The highest BCUT2D eigenvalue weighted by molar-refractivity contribution is 7.60. The van der Waals surface area contributed by atoms with Gasteiger partial charge in [0.15, 0.2) is 5.79 Å². The van der Waals surface area contributed by atoms with Crippen LogP contribution in [0, 0.1) is 0 Å². The van der Waals surface area contributed by atoms with E-state index in [0.717, 1.165) is 26.1 Å². The van der Waals surface area contributed by atoms with Gasteiger partial charge < -0.3 is 9.47 Å². The van der Waals surface area contributed by atoms with Gasteiger partial charge in [0, 0.05) is 12.8 Å². The summed E-state index contributed by atoms with van der Waals surface area (Å²) in [5.74, 6) is -0.262. The number of hydrogen-bond donors (Lipinski definition) is 0. The van der Waals surface area contributed by atoms with Crippen LogP contribution in [0.15, 0.2) is 0 Å². The van der Waals surface area contributed by atoms with Gasteiger partial charge in [-0.1, -0.05) is 35.6 Å². The van der Waals surface area contributed by atoms with Crippen molar-refractivity contribution in [3.63, 3.8) is 0 Å². The van der Waals surface area contributed by atoms with E-state index in [4.69, 9.17) is 9.47 Å². The van der Waals surface area contributed by atoms with E-state index in [-0.39, 0.29) is 13.7 Å². The Bertz CT molecular complexity index is 234. The summed E-state index contributed by atoms with van der Waals surface area (Å²) < 4.78 is 11.8.